The van der Waals surface area contributed by atoms with Gasteiger partial charge in [0.1, 0.15) is 0 Å². The molecular weight excluding hydrogens is 434 g/mol. The Labute approximate surface area is 187 Å². The third-order valence-corrected chi connectivity index (χ3v) is 6.86. The number of benzene rings is 3. The van der Waals surface area contributed by atoms with Crippen LogP contribution in [0.25, 0.3) is 0 Å². The largest absolute Gasteiger partial charge is 0.324 e. The zero-order valence-electron chi connectivity index (χ0n) is 17.2. The maximum atomic E-state index is 12.6. The van der Waals surface area contributed by atoms with Crippen LogP contribution in [0.4, 0.5) is 5.69 Å². The Hall–Kier alpha value is -2.71. The number of hydrogen-bond donors (Lipinski definition) is 2. The van der Waals surface area contributed by atoms with Gasteiger partial charge in [0.25, 0.3) is 0 Å². The van der Waals surface area contributed by atoms with Gasteiger partial charge in [-0.15, -0.1) is 0 Å². The van der Waals surface area contributed by atoms with Gasteiger partial charge in [0, 0.05) is 14.1 Å². The van der Waals surface area contributed by atoms with Gasteiger partial charge < -0.3 is 5.32 Å². The van der Waals surface area contributed by atoms with Crippen molar-refractivity contribution < 1.29 is 13.2 Å². The predicted octanol–water partition coefficient (Wildman–Crippen LogP) is 3.91. The smallest absolute Gasteiger partial charge is 0.242 e. The van der Waals surface area contributed by atoms with Gasteiger partial charge in [0.05, 0.1) is 28.2 Å². The molecule has 0 spiro atoms. The zero-order chi connectivity index (χ0) is 22.4. The molecule has 3 rings (SSSR count). The van der Waals surface area contributed by atoms with E-state index in [4.69, 9.17) is 11.6 Å². The third kappa shape index (κ3) is 5.71. The molecule has 0 saturated heterocycles. The highest BCUT2D eigenvalue weighted by atomic mass is 35.5. The molecule has 0 aliphatic heterocycles. The normalized spacial score (nSPS) is 11.6. The van der Waals surface area contributed by atoms with Crippen molar-refractivity contribution in [3.63, 3.8) is 0 Å². The first kappa shape index (κ1) is 23.0. The summed E-state index contributed by atoms with van der Waals surface area (Å²) in [5.41, 5.74) is 2.30. The second kappa shape index (κ2) is 10.1. The highest BCUT2D eigenvalue weighted by Crippen LogP contribution is 2.26. The minimum Gasteiger partial charge on any atom is -0.324 e. The lowest BCUT2D eigenvalue weighted by Gasteiger charge is -2.20. The number of sulfonamides is 1. The highest BCUT2D eigenvalue weighted by Gasteiger charge is 2.20. The fourth-order valence-electron chi connectivity index (χ4n) is 3.08. The van der Waals surface area contributed by atoms with Crippen LogP contribution in [-0.2, 0) is 14.8 Å². The van der Waals surface area contributed by atoms with Gasteiger partial charge >= 0.3 is 0 Å². The highest BCUT2D eigenvalue weighted by molar-refractivity contribution is 7.89. The van der Waals surface area contributed by atoms with E-state index in [0.29, 0.717) is 0 Å². The Bertz CT molecular complexity index is 1100. The fraction of sp³-hybridized carbons (Fsp3) is 0.174. The summed E-state index contributed by atoms with van der Waals surface area (Å²) < 4.78 is 25.8. The van der Waals surface area contributed by atoms with Crippen LogP contribution in [0.5, 0.6) is 0 Å². The van der Waals surface area contributed by atoms with Crippen LogP contribution >= 0.6 is 11.6 Å². The molecular formula is C23H24ClN3O3S. The number of carbonyl (C=O) groups excluding carboxylic acids is 1. The van der Waals surface area contributed by atoms with Gasteiger partial charge in [0.2, 0.25) is 15.9 Å². The number of carbonyl (C=O) groups is 1. The lowest BCUT2D eigenvalue weighted by atomic mass is 9.99. The monoisotopic (exact) mass is 457 g/mol. The summed E-state index contributed by atoms with van der Waals surface area (Å²) >= 11 is 6.18. The van der Waals surface area contributed by atoms with E-state index in [1.807, 2.05) is 60.7 Å². The van der Waals surface area contributed by atoms with Crippen LogP contribution in [0, 0.1) is 0 Å². The van der Waals surface area contributed by atoms with Crippen molar-refractivity contribution in [2.75, 3.05) is 26.0 Å². The summed E-state index contributed by atoms with van der Waals surface area (Å²) in [5, 5.41) is 6.23. The molecule has 2 N–H and O–H groups in total. The molecule has 0 atom stereocenters. The van der Waals surface area contributed by atoms with Crippen molar-refractivity contribution in [2.24, 2.45) is 0 Å². The van der Waals surface area contributed by atoms with Gasteiger partial charge in [-0.1, -0.05) is 72.3 Å². The molecule has 0 radical (unpaired) electrons. The molecule has 0 aliphatic carbocycles. The number of anilines is 1. The zero-order valence-corrected chi connectivity index (χ0v) is 18.8. The molecule has 0 aliphatic rings. The van der Waals surface area contributed by atoms with Gasteiger partial charge in [-0.2, -0.15) is 0 Å². The number of rotatable bonds is 8. The van der Waals surface area contributed by atoms with E-state index in [2.05, 4.69) is 10.6 Å². The molecule has 3 aromatic carbocycles. The third-order valence-electron chi connectivity index (χ3n) is 4.72. The number of nitrogens with one attached hydrogen (secondary N) is 2. The topological polar surface area (TPSA) is 78.5 Å². The summed E-state index contributed by atoms with van der Waals surface area (Å²) in [6, 6.07) is 23.7. The summed E-state index contributed by atoms with van der Waals surface area (Å²) in [4.78, 5) is 12.7. The standard InChI is InChI=1S/C23H24ClN3O3S/c1-27(2)31(29,30)19-13-14-20(24)21(15-19)26-22(28)16-25-23(17-9-5-3-6-10-17)18-11-7-4-8-12-18/h3-15,23,25H,16H2,1-2H3,(H,26,28). The van der Waals surface area contributed by atoms with Gasteiger partial charge in [-0.25, -0.2) is 12.7 Å². The molecule has 8 heteroatoms. The van der Waals surface area contributed by atoms with Crippen LogP contribution in [0.1, 0.15) is 17.2 Å². The summed E-state index contributed by atoms with van der Waals surface area (Å²) in [6.07, 6.45) is 0. The van der Waals surface area contributed by atoms with Crippen molar-refractivity contribution in [3.05, 3.63) is 95.0 Å². The molecule has 3 aromatic rings. The lowest BCUT2D eigenvalue weighted by molar-refractivity contribution is -0.115. The minimum absolute atomic E-state index is 0.00937. The van der Waals surface area contributed by atoms with Crippen LogP contribution in [0.3, 0.4) is 0 Å². The van der Waals surface area contributed by atoms with Crippen LogP contribution in [0.2, 0.25) is 5.02 Å². The maximum absolute atomic E-state index is 12.6. The first-order valence-corrected chi connectivity index (χ1v) is 11.5. The van der Waals surface area contributed by atoms with Crippen molar-refractivity contribution >= 4 is 33.2 Å². The molecule has 0 aromatic heterocycles. The van der Waals surface area contributed by atoms with E-state index in [-0.39, 0.29) is 34.1 Å². The number of nitrogens with zero attached hydrogens (tertiary/aromatic N) is 1. The van der Waals surface area contributed by atoms with Crippen molar-refractivity contribution in [1.29, 1.82) is 0 Å². The first-order valence-electron chi connectivity index (χ1n) is 9.64. The molecule has 31 heavy (non-hydrogen) atoms. The van der Waals surface area contributed by atoms with Crippen LogP contribution in [-0.4, -0.2) is 39.3 Å². The average molecular weight is 458 g/mol. The van der Waals surface area contributed by atoms with Gasteiger partial charge in [0.15, 0.2) is 0 Å². The average Bonchev–Trinajstić information content (AvgIpc) is 2.76. The molecule has 0 unspecified atom stereocenters. The van der Waals surface area contributed by atoms with Crippen molar-refractivity contribution in [2.45, 2.75) is 10.9 Å². The molecule has 162 valence electrons. The Kier molecular flexibility index (Phi) is 7.46. The molecule has 0 saturated carbocycles. The first-order chi connectivity index (χ1) is 14.8. The maximum Gasteiger partial charge on any atom is 0.242 e. The lowest BCUT2D eigenvalue weighted by Crippen LogP contribution is -2.32. The number of hydrogen-bond acceptors (Lipinski definition) is 4. The van der Waals surface area contributed by atoms with Crippen LogP contribution < -0.4 is 10.6 Å². The molecule has 6 nitrogen and oxygen atoms in total. The summed E-state index contributed by atoms with van der Waals surface area (Å²) in [7, 11) is -0.754. The molecule has 0 bridgehead atoms. The number of halogens is 1. The van der Waals surface area contributed by atoms with E-state index < -0.39 is 10.0 Å². The summed E-state index contributed by atoms with van der Waals surface area (Å²) in [6.45, 7) is 0.00937. The second-order valence-electron chi connectivity index (χ2n) is 7.11. The Balaban J connectivity index is 1.76. The fourth-order valence-corrected chi connectivity index (χ4v) is 4.17. The van der Waals surface area contributed by atoms with Crippen LogP contribution in [0.15, 0.2) is 83.8 Å². The Morgan fingerprint density at radius 2 is 1.48 bits per heavy atom. The van der Waals surface area contributed by atoms with Gasteiger partial charge in [-0.3, -0.25) is 10.1 Å². The molecule has 0 heterocycles. The SMILES string of the molecule is CN(C)S(=O)(=O)c1ccc(Cl)c(NC(=O)CNC(c2ccccc2)c2ccccc2)c1. The van der Waals surface area contributed by atoms with E-state index in [0.717, 1.165) is 15.4 Å². The molecule has 1 amide bonds. The molecule has 0 fully saturated rings. The Morgan fingerprint density at radius 1 is 0.935 bits per heavy atom. The minimum atomic E-state index is -3.64. The number of amides is 1. The van der Waals surface area contributed by atoms with Crippen molar-refractivity contribution in [1.82, 2.24) is 9.62 Å². The Morgan fingerprint density at radius 3 is 2.00 bits per heavy atom. The summed E-state index contributed by atoms with van der Waals surface area (Å²) in [5.74, 6) is -0.335. The van der Waals surface area contributed by atoms with Crippen molar-refractivity contribution in [3.8, 4) is 0 Å². The van der Waals surface area contributed by atoms with E-state index >= 15 is 0 Å². The second-order valence-corrected chi connectivity index (χ2v) is 9.67. The van der Waals surface area contributed by atoms with Gasteiger partial charge in [-0.05, 0) is 29.3 Å². The quantitative estimate of drug-likeness (QED) is 0.537. The van der Waals surface area contributed by atoms with E-state index in [9.17, 15) is 13.2 Å². The van der Waals surface area contributed by atoms with E-state index in [1.54, 1.807) is 0 Å². The predicted molar refractivity (Wildman–Crippen MR) is 124 cm³/mol. The van der Waals surface area contributed by atoms with E-state index in [1.165, 1.54) is 32.3 Å².